The average molecular weight is 264 g/mol. The van der Waals surface area contributed by atoms with Crippen LogP contribution in [0.15, 0.2) is 41.7 Å². The molecule has 0 aromatic heterocycles. The zero-order chi connectivity index (χ0) is 13.8. The lowest BCUT2D eigenvalue weighted by Crippen LogP contribution is -2.30. The Hall–Kier alpha value is -1.85. The lowest BCUT2D eigenvalue weighted by Gasteiger charge is -2.15. The molecule has 0 saturated carbocycles. The molecule has 1 aromatic rings. The summed E-state index contributed by atoms with van der Waals surface area (Å²) in [6.07, 6.45) is -1.95. The van der Waals surface area contributed by atoms with Gasteiger partial charge in [0.2, 0.25) is 5.76 Å². The maximum absolute atomic E-state index is 11.6. The molecule has 1 aromatic carbocycles. The molecule has 0 bridgehead atoms. The van der Waals surface area contributed by atoms with Gasteiger partial charge in [-0.05, 0) is 12.5 Å². The molecule has 0 saturated heterocycles. The van der Waals surface area contributed by atoms with E-state index in [1.165, 1.54) is 0 Å². The quantitative estimate of drug-likeness (QED) is 0.768. The van der Waals surface area contributed by atoms with Gasteiger partial charge in [0.25, 0.3) is 0 Å². The normalized spacial score (nSPS) is 20.4. The van der Waals surface area contributed by atoms with Crippen molar-refractivity contribution in [3.05, 3.63) is 47.2 Å². The fourth-order valence-electron chi connectivity index (χ4n) is 1.91. The summed E-state index contributed by atoms with van der Waals surface area (Å²) in [4.78, 5) is 11.6. The van der Waals surface area contributed by atoms with Crippen molar-refractivity contribution >= 4 is 5.97 Å². The first-order valence-corrected chi connectivity index (χ1v) is 6.01. The van der Waals surface area contributed by atoms with Crippen LogP contribution in [-0.2, 0) is 20.9 Å². The molecular weight excluding hydrogens is 248 g/mol. The molecule has 2 unspecified atom stereocenters. The molecule has 0 radical (unpaired) electrons. The predicted octanol–water partition coefficient (Wildman–Crippen LogP) is 0.756. The molecule has 5 heteroatoms. The summed E-state index contributed by atoms with van der Waals surface area (Å²) in [5, 5.41) is 18.4. The summed E-state index contributed by atoms with van der Waals surface area (Å²) in [5.41, 5.74) is 1.43. The lowest BCUT2D eigenvalue weighted by atomic mass is 10.1. The molecule has 2 atom stereocenters. The van der Waals surface area contributed by atoms with E-state index in [0.29, 0.717) is 5.57 Å². The standard InChI is InChI=1S/C14H16O5/c1-9-12(11(16)7-15)19-14(17)13(9)18-8-10-5-3-2-4-6-10/h2-6,11-12,15-16H,7-8H2,1H3. The Morgan fingerprint density at radius 1 is 1.37 bits per heavy atom. The van der Waals surface area contributed by atoms with Crippen molar-refractivity contribution in [3.8, 4) is 0 Å². The van der Waals surface area contributed by atoms with E-state index in [-0.39, 0.29) is 12.4 Å². The number of carbonyl (C=O) groups is 1. The number of aliphatic hydroxyl groups is 2. The molecule has 0 fully saturated rings. The van der Waals surface area contributed by atoms with E-state index in [4.69, 9.17) is 14.6 Å². The number of ether oxygens (including phenoxy) is 2. The first-order chi connectivity index (χ1) is 9.13. The van der Waals surface area contributed by atoms with Crippen LogP contribution in [0.25, 0.3) is 0 Å². The first kappa shape index (κ1) is 13.6. The molecule has 19 heavy (non-hydrogen) atoms. The van der Waals surface area contributed by atoms with E-state index in [0.717, 1.165) is 5.56 Å². The van der Waals surface area contributed by atoms with Crippen LogP contribution in [0.4, 0.5) is 0 Å². The smallest absolute Gasteiger partial charge is 0.374 e. The van der Waals surface area contributed by atoms with Crippen molar-refractivity contribution in [2.75, 3.05) is 6.61 Å². The molecule has 1 heterocycles. The second-order valence-corrected chi connectivity index (χ2v) is 4.36. The van der Waals surface area contributed by atoms with Crippen molar-refractivity contribution in [3.63, 3.8) is 0 Å². The molecule has 0 aliphatic carbocycles. The fraction of sp³-hybridized carbons (Fsp3) is 0.357. The van der Waals surface area contributed by atoms with Gasteiger partial charge >= 0.3 is 5.97 Å². The van der Waals surface area contributed by atoms with Gasteiger partial charge in [-0.3, -0.25) is 0 Å². The summed E-state index contributed by atoms with van der Waals surface area (Å²) in [5.74, 6) is -0.493. The van der Waals surface area contributed by atoms with E-state index >= 15 is 0 Å². The van der Waals surface area contributed by atoms with Gasteiger partial charge in [0, 0.05) is 5.57 Å². The topological polar surface area (TPSA) is 76.0 Å². The SMILES string of the molecule is CC1=C(OCc2ccccc2)C(=O)OC1C(O)CO. The maximum Gasteiger partial charge on any atom is 0.374 e. The highest BCUT2D eigenvalue weighted by atomic mass is 16.6. The van der Waals surface area contributed by atoms with Crippen molar-refractivity contribution < 1.29 is 24.5 Å². The second-order valence-electron chi connectivity index (χ2n) is 4.36. The Morgan fingerprint density at radius 3 is 2.68 bits per heavy atom. The third-order valence-electron chi connectivity index (χ3n) is 2.97. The van der Waals surface area contributed by atoms with Gasteiger partial charge in [-0.1, -0.05) is 30.3 Å². The highest BCUT2D eigenvalue weighted by Crippen LogP contribution is 2.26. The largest absolute Gasteiger partial charge is 0.482 e. The Kier molecular flexibility index (Phi) is 4.19. The monoisotopic (exact) mass is 264 g/mol. The van der Waals surface area contributed by atoms with Crippen LogP contribution in [0, 0.1) is 0 Å². The number of carbonyl (C=O) groups excluding carboxylic acids is 1. The number of rotatable bonds is 5. The highest BCUT2D eigenvalue weighted by Gasteiger charge is 2.37. The van der Waals surface area contributed by atoms with Crippen LogP contribution in [0.3, 0.4) is 0 Å². The average Bonchev–Trinajstić information content (AvgIpc) is 2.72. The van der Waals surface area contributed by atoms with Gasteiger partial charge in [-0.15, -0.1) is 0 Å². The number of cyclic esters (lactones) is 1. The van der Waals surface area contributed by atoms with Crippen molar-refractivity contribution in [1.29, 1.82) is 0 Å². The minimum atomic E-state index is -1.12. The fourth-order valence-corrected chi connectivity index (χ4v) is 1.91. The number of benzene rings is 1. The Bertz CT molecular complexity index is 480. The van der Waals surface area contributed by atoms with E-state index < -0.39 is 24.8 Å². The van der Waals surface area contributed by atoms with E-state index in [9.17, 15) is 9.90 Å². The van der Waals surface area contributed by atoms with Gasteiger partial charge in [-0.25, -0.2) is 4.79 Å². The van der Waals surface area contributed by atoms with Crippen molar-refractivity contribution in [2.24, 2.45) is 0 Å². The van der Waals surface area contributed by atoms with Crippen LogP contribution in [0.2, 0.25) is 0 Å². The Morgan fingerprint density at radius 2 is 2.05 bits per heavy atom. The summed E-state index contributed by atoms with van der Waals surface area (Å²) < 4.78 is 10.4. The second kappa shape index (κ2) is 5.86. The zero-order valence-corrected chi connectivity index (χ0v) is 10.6. The number of hydrogen-bond donors (Lipinski definition) is 2. The molecule has 5 nitrogen and oxygen atoms in total. The van der Waals surface area contributed by atoms with Crippen LogP contribution in [0.5, 0.6) is 0 Å². The van der Waals surface area contributed by atoms with E-state index in [2.05, 4.69) is 0 Å². The van der Waals surface area contributed by atoms with Gasteiger partial charge < -0.3 is 19.7 Å². The van der Waals surface area contributed by atoms with Crippen molar-refractivity contribution in [1.82, 2.24) is 0 Å². The molecular formula is C14H16O5. The highest BCUT2D eigenvalue weighted by molar-refractivity contribution is 5.90. The molecule has 0 amide bonds. The first-order valence-electron chi connectivity index (χ1n) is 6.01. The summed E-state index contributed by atoms with van der Waals surface area (Å²) in [6, 6.07) is 9.42. The minimum absolute atomic E-state index is 0.112. The van der Waals surface area contributed by atoms with Crippen molar-refractivity contribution in [2.45, 2.75) is 25.7 Å². The zero-order valence-electron chi connectivity index (χ0n) is 10.6. The van der Waals surface area contributed by atoms with Gasteiger partial charge in [0.15, 0.2) is 6.10 Å². The Balaban J connectivity index is 2.06. The van der Waals surface area contributed by atoms with Gasteiger partial charge in [-0.2, -0.15) is 0 Å². The third-order valence-corrected chi connectivity index (χ3v) is 2.97. The number of esters is 1. The summed E-state index contributed by atoms with van der Waals surface area (Å²) in [7, 11) is 0. The van der Waals surface area contributed by atoms with Gasteiger partial charge in [0.1, 0.15) is 12.7 Å². The molecule has 0 spiro atoms. The van der Waals surface area contributed by atoms with Gasteiger partial charge in [0.05, 0.1) is 6.61 Å². The number of hydrogen-bond acceptors (Lipinski definition) is 5. The predicted molar refractivity (Wildman–Crippen MR) is 66.9 cm³/mol. The summed E-state index contributed by atoms with van der Waals surface area (Å²) >= 11 is 0. The van der Waals surface area contributed by atoms with E-state index in [1.807, 2.05) is 30.3 Å². The molecule has 1 aliphatic rings. The van der Waals surface area contributed by atoms with Crippen LogP contribution in [-0.4, -0.2) is 35.0 Å². The van der Waals surface area contributed by atoms with Crippen LogP contribution < -0.4 is 0 Å². The minimum Gasteiger partial charge on any atom is -0.482 e. The third kappa shape index (κ3) is 2.94. The Labute approximate surface area is 111 Å². The summed E-state index contributed by atoms with van der Waals surface area (Å²) in [6.45, 7) is 1.43. The molecule has 1 aliphatic heterocycles. The maximum atomic E-state index is 11.6. The van der Waals surface area contributed by atoms with Crippen LogP contribution in [0.1, 0.15) is 12.5 Å². The van der Waals surface area contributed by atoms with Crippen LogP contribution >= 0.6 is 0 Å². The molecule has 102 valence electrons. The lowest BCUT2D eigenvalue weighted by molar-refractivity contribution is -0.148. The number of aliphatic hydroxyl groups excluding tert-OH is 2. The molecule has 2 N–H and O–H groups in total. The molecule has 2 rings (SSSR count). The van der Waals surface area contributed by atoms with E-state index in [1.54, 1.807) is 6.92 Å².